The number of hydrogen-bond donors (Lipinski definition) is 1. The van der Waals surface area contributed by atoms with E-state index in [2.05, 4.69) is 5.32 Å². The monoisotopic (exact) mass is 257 g/mol. The van der Waals surface area contributed by atoms with Gasteiger partial charge in [0.25, 0.3) is 0 Å². The lowest BCUT2D eigenvalue weighted by Gasteiger charge is -2.20. The lowest BCUT2D eigenvalue weighted by atomic mass is 10.0. The molecule has 1 unspecified atom stereocenters. The summed E-state index contributed by atoms with van der Waals surface area (Å²) in [5.41, 5.74) is -0.202. The first-order chi connectivity index (χ1) is 8.63. The molecule has 1 aromatic rings. The van der Waals surface area contributed by atoms with E-state index in [0.717, 1.165) is 0 Å². The zero-order valence-corrected chi connectivity index (χ0v) is 9.97. The van der Waals surface area contributed by atoms with E-state index in [1.54, 1.807) is 6.08 Å². The highest BCUT2D eigenvalue weighted by Crippen LogP contribution is 2.30. The van der Waals surface area contributed by atoms with Gasteiger partial charge in [0.1, 0.15) is 23.2 Å². The Kier molecular flexibility index (Phi) is 3.91. The second-order valence-electron chi connectivity index (χ2n) is 4.02. The molecule has 0 amide bonds. The van der Waals surface area contributed by atoms with Crippen LogP contribution in [0.25, 0.3) is 0 Å². The predicted octanol–water partition coefficient (Wildman–Crippen LogP) is 3.06. The molecular weight excluding hydrogens is 243 g/mol. The highest BCUT2D eigenvalue weighted by molar-refractivity contribution is 5.30. The van der Waals surface area contributed by atoms with Crippen LogP contribution in [0.15, 0.2) is 24.0 Å². The Morgan fingerprint density at radius 1 is 1.28 bits per heavy atom. The second-order valence-corrected chi connectivity index (χ2v) is 4.02. The lowest BCUT2D eigenvalue weighted by Crippen LogP contribution is -2.25. The molecule has 0 spiro atoms. The molecular formula is C13H14F3NO. The van der Waals surface area contributed by atoms with Crippen molar-refractivity contribution in [1.29, 1.82) is 0 Å². The maximum absolute atomic E-state index is 13.7. The molecule has 98 valence electrons. The third-order valence-electron chi connectivity index (χ3n) is 2.76. The number of rotatable bonds is 4. The largest absolute Gasteiger partial charge is 0.496 e. The Labute approximate surface area is 103 Å². The Bertz CT molecular complexity index is 450. The van der Waals surface area contributed by atoms with Crippen LogP contribution in [0.4, 0.5) is 13.2 Å². The van der Waals surface area contributed by atoms with Gasteiger partial charge < -0.3 is 10.1 Å². The molecule has 0 aliphatic carbocycles. The van der Waals surface area contributed by atoms with Crippen molar-refractivity contribution in [3.63, 3.8) is 0 Å². The molecule has 0 aromatic heterocycles. The van der Waals surface area contributed by atoms with Gasteiger partial charge in [-0.05, 0) is 12.6 Å². The van der Waals surface area contributed by atoms with Gasteiger partial charge in [-0.15, -0.1) is 0 Å². The number of ether oxygens (including phenoxy) is 1. The molecule has 0 saturated carbocycles. The summed E-state index contributed by atoms with van der Waals surface area (Å²) < 4.78 is 45.7. The molecule has 2 rings (SSSR count). The number of likely N-dealkylation sites (N-methyl/N-ethyl adjacent to an activating group) is 1. The van der Waals surface area contributed by atoms with Crippen molar-refractivity contribution < 1.29 is 17.9 Å². The number of benzene rings is 1. The predicted molar refractivity (Wildman–Crippen MR) is 61.4 cm³/mol. The minimum Gasteiger partial charge on any atom is -0.496 e. The third-order valence-corrected chi connectivity index (χ3v) is 2.76. The van der Waals surface area contributed by atoms with E-state index in [0.29, 0.717) is 37.5 Å². The fourth-order valence-electron chi connectivity index (χ4n) is 2.02. The van der Waals surface area contributed by atoms with Gasteiger partial charge >= 0.3 is 0 Å². The topological polar surface area (TPSA) is 21.3 Å². The maximum Gasteiger partial charge on any atom is 0.134 e. The number of hydrogen-bond acceptors (Lipinski definition) is 2. The quantitative estimate of drug-likeness (QED) is 0.895. The molecule has 1 aliphatic heterocycles. The maximum atomic E-state index is 13.7. The van der Waals surface area contributed by atoms with Crippen LogP contribution < -0.4 is 5.32 Å². The van der Waals surface area contributed by atoms with Crippen molar-refractivity contribution in [2.45, 2.75) is 19.4 Å². The van der Waals surface area contributed by atoms with E-state index < -0.39 is 23.5 Å². The van der Waals surface area contributed by atoms with E-state index in [-0.39, 0.29) is 5.56 Å². The smallest absolute Gasteiger partial charge is 0.134 e. The highest BCUT2D eigenvalue weighted by Gasteiger charge is 2.26. The molecule has 5 heteroatoms. The van der Waals surface area contributed by atoms with Crippen molar-refractivity contribution in [2.75, 3.05) is 13.2 Å². The normalized spacial score (nSPS) is 16.3. The van der Waals surface area contributed by atoms with Crippen LogP contribution in [0.1, 0.15) is 24.9 Å². The van der Waals surface area contributed by atoms with E-state index in [4.69, 9.17) is 4.74 Å². The minimum absolute atomic E-state index is 0.202. The van der Waals surface area contributed by atoms with Crippen LogP contribution in [-0.2, 0) is 4.74 Å². The molecule has 1 atom stereocenters. The van der Waals surface area contributed by atoms with Crippen LogP contribution in [0, 0.1) is 17.5 Å². The summed E-state index contributed by atoms with van der Waals surface area (Å²) in [7, 11) is 0. The molecule has 18 heavy (non-hydrogen) atoms. The first-order valence-electron chi connectivity index (χ1n) is 5.84. The molecule has 1 aromatic carbocycles. The first-order valence-corrected chi connectivity index (χ1v) is 5.84. The average molecular weight is 257 g/mol. The van der Waals surface area contributed by atoms with Crippen LogP contribution in [-0.4, -0.2) is 13.2 Å². The van der Waals surface area contributed by atoms with Gasteiger partial charge in [0.05, 0.1) is 12.6 Å². The molecule has 1 heterocycles. The minimum atomic E-state index is -0.926. The van der Waals surface area contributed by atoms with Crippen molar-refractivity contribution >= 4 is 0 Å². The molecule has 0 fully saturated rings. The van der Waals surface area contributed by atoms with Crippen molar-refractivity contribution in [3.05, 3.63) is 47.0 Å². The lowest BCUT2D eigenvalue weighted by molar-refractivity contribution is 0.213. The van der Waals surface area contributed by atoms with Gasteiger partial charge in [-0.1, -0.05) is 6.92 Å². The fourth-order valence-corrected chi connectivity index (χ4v) is 2.02. The SMILES string of the molecule is CCNC(C1=CCCO1)c1c(F)cc(F)cc1F. The summed E-state index contributed by atoms with van der Waals surface area (Å²) in [5.74, 6) is -2.25. The summed E-state index contributed by atoms with van der Waals surface area (Å²) in [6.45, 7) is 2.84. The molecule has 0 saturated heterocycles. The van der Waals surface area contributed by atoms with Crippen molar-refractivity contribution in [1.82, 2.24) is 5.32 Å². The highest BCUT2D eigenvalue weighted by atomic mass is 19.1. The van der Waals surface area contributed by atoms with Gasteiger partial charge in [-0.3, -0.25) is 0 Å². The van der Waals surface area contributed by atoms with Crippen LogP contribution >= 0.6 is 0 Å². The van der Waals surface area contributed by atoms with Gasteiger partial charge in [-0.2, -0.15) is 0 Å². The van der Waals surface area contributed by atoms with Crippen molar-refractivity contribution in [3.8, 4) is 0 Å². The molecule has 0 bridgehead atoms. The molecule has 0 radical (unpaired) electrons. The van der Waals surface area contributed by atoms with Gasteiger partial charge in [0.15, 0.2) is 0 Å². The Balaban J connectivity index is 2.42. The summed E-state index contributed by atoms with van der Waals surface area (Å²) >= 11 is 0. The molecule has 1 N–H and O–H groups in total. The van der Waals surface area contributed by atoms with Gasteiger partial charge in [-0.25, -0.2) is 13.2 Å². The van der Waals surface area contributed by atoms with E-state index in [1.165, 1.54) is 0 Å². The molecule has 2 nitrogen and oxygen atoms in total. The zero-order chi connectivity index (χ0) is 13.1. The summed E-state index contributed by atoms with van der Waals surface area (Å²) in [6.07, 6.45) is 2.50. The van der Waals surface area contributed by atoms with Crippen LogP contribution in [0.5, 0.6) is 0 Å². The Hall–Kier alpha value is -1.49. The first kappa shape index (κ1) is 13.0. The van der Waals surface area contributed by atoms with E-state index in [1.807, 2.05) is 6.92 Å². The third kappa shape index (κ3) is 2.51. The van der Waals surface area contributed by atoms with Crippen LogP contribution in [0.2, 0.25) is 0 Å². The molecule has 1 aliphatic rings. The second kappa shape index (κ2) is 5.44. The van der Waals surface area contributed by atoms with Crippen molar-refractivity contribution in [2.24, 2.45) is 0 Å². The number of nitrogens with one attached hydrogen (secondary N) is 1. The Morgan fingerprint density at radius 3 is 2.44 bits per heavy atom. The summed E-state index contributed by atoms with van der Waals surface area (Å²) in [6, 6.07) is 0.648. The Morgan fingerprint density at radius 2 is 1.94 bits per heavy atom. The average Bonchev–Trinajstić information content (AvgIpc) is 2.79. The van der Waals surface area contributed by atoms with Crippen LogP contribution in [0.3, 0.4) is 0 Å². The van der Waals surface area contributed by atoms with Gasteiger partial charge in [0.2, 0.25) is 0 Å². The van der Waals surface area contributed by atoms with Gasteiger partial charge in [0, 0.05) is 24.1 Å². The van der Waals surface area contributed by atoms with E-state index >= 15 is 0 Å². The fraction of sp³-hybridized carbons (Fsp3) is 0.385. The standard InChI is InChI=1S/C13H14F3NO/c1-2-17-13(11-4-3-5-18-11)12-9(15)6-8(14)7-10(12)16/h4,6-7,13,17H,2-3,5H2,1H3. The van der Waals surface area contributed by atoms with E-state index in [9.17, 15) is 13.2 Å². The zero-order valence-electron chi connectivity index (χ0n) is 9.97. The summed E-state index contributed by atoms with van der Waals surface area (Å²) in [5, 5.41) is 2.95. The number of halogens is 3. The summed E-state index contributed by atoms with van der Waals surface area (Å²) in [4.78, 5) is 0.